The minimum Gasteiger partial charge on any atom is -0.337 e. The van der Waals surface area contributed by atoms with Gasteiger partial charge in [0.1, 0.15) is 0 Å². The van der Waals surface area contributed by atoms with Crippen molar-refractivity contribution >= 4 is 6.03 Å². The van der Waals surface area contributed by atoms with Crippen molar-refractivity contribution in [2.45, 2.75) is 24.3 Å². The average molecular weight is 286 g/mol. The minimum atomic E-state index is -0.341. The Morgan fingerprint density at radius 1 is 1.33 bits per heavy atom. The van der Waals surface area contributed by atoms with Crippen molar-refractivity contribution < 1.29 is 4.79 Å². The Morgan fingerprint density at radius 3 is 2.57 bits per heavy atom. The number of hydrogen-bond acceptors (Lipinski definition) is 3. The maximum Gasteiger partial charge on any atom is 0.316 e. The molecule has 0 bridgehead atoms. The van der Waals surface area contributed by atoms with Crippen LogP contribution < -0.4 is 10.6 Å². The van der Waals surface area contributed by atoms with Gasteiger partial charge in [-0.05, 0) is 18.4 Å². The second-order valence-electron chi connectivity index (χ2n) is 5.75. The topological polar surface area (TPSA) is 68.2 Å². The van der Waals surface area contributed by atoms with E-state index in [4.69, 9.17) is 0 Å². The van der Waals surface area contributed by atoms with Gasteiger partial charge < -0.3 is 15.5 Å². The molecule has 21 heavy (non-hydrogen) atoms. The van der Waals surface area contributed by atoms with Crippen LogP contribution in [-0.4, -0.2) is 44.2 Å². The van der Waals surface area contributed by atoms with Crippen molar-refractivity contribution in [3.8, 4) is 6.07 Å². The summed E-state index contributed by atoms with van der Waals surface area (Å²) in [5.41, 5.74) is 0.762. The lowest BCUT2D eigenvalue weighted by Crippen LogP contribution is -2.52. The summed E-state index contributed by atoms with van der Waals surface area (Å²) in [5.74, 6) is 0. The number of benzene rings is 1. The Balaban J connectivity index is 1.74. The molecule has 0 aromatic heterocycles. The van der Waals surface area contributed by atoms with E-state index in [1.165, 1.54) is 4.90 Å². The van der Waals surface area contributed by atoms with Crippen LogP contribution >= 0.6 is 0 Å². The molecule has 2 amide bonds. The van der Waals surface area contributed by atoms with Crippen LogP contribution in [0.5, 0.6) is 0 Å². The van der Waals surface area contributed by atoms with Gasteiger partial charge >= 0.3 is 6.03 Å². The number of carbonyl (C=O) groups is 1. The van der Waals surface area contributed by atoms with Crippen molar-refractivity contribution in [1.29, 1.82) is 5.26 Å². The van der Waals surface area contributed by atoms with Crippen LogP contribution in [-0.2, 0) is 5.41 Å². The molecule has 5 heteroatoms. The van der Waals surface area contributed by atoms with E-state index in [1.54, 1.807) is 14.1 Å². The summed E-state index contributed by atoms with van der Waals surface area (Å²) >= 11 is 0. The van der Waals surface area contributed by atoms with Gasteiger partial charge in [0.2, 0.25) is 0 Å². The molecule has 0 radical (unpaired) electrons. The summed E-state index contributed by atoms with van der Waals surface area (Å²) in [6.07, 6.45) is 1.66. The Labute approximate surface area is 125 Å². The van der Waals surface area contributed by atoms with E-state index in [1.807, 2.05) is 30.3 Å². The molecular weight excluding hydrogens is 264 g/mol. The molecule has 1 aromatic carbocycles. The Bertz CT molecular complexity index is 515. The van der Waals surface area contributed by atoms with E-state index < -0.39 is 0 Å². The standard InChI is InChI=1S/C16H22N4O/c1-20(2)15(21)19-9-8-18-14-10-16(11-14,12-17)13-6-4-3-5-7-13/h3-7,14,18H,8-11H2,1-2H3,(H,19,21). The SMILES string of the molecule is CN(C)C(=O)NCCNC1CC(C#N)(c2ccccc2)C1. The lowest BCUT2D eigenvalue weighted by Gasteiger charge is -2.43. The Kier molecular flexibility index (Phi) is 4.81. The third kappa shape index (κ3) is 3.53. The molecular formula is C16H22N4O. The normalized spacial score (nSPS) is 23.8. The first-order chi connectivity index (χ1) is 10.1. The van der Waals surface area contributed by atoms with Crippen LogP contribution in [0.3, 0.4) is 0 Å². The van der Waals surface area contributed by atoms with Crippen LogP contribution in [0, 0.1) is 11.3 Å². The number of urea groups is 1. The van der Waals surface area contributed by atoms with Crippen molar-refractivity contribution in [2.75, 3.05) is 27.2 Å². The molecule has 0 atom stereocenters. The van der Waals surface area contributed by atoms with Gasteiger partial charge in [0.25, 0.3) is 0 Å². The van der Waals surface area contributed by atoms with Gasteiger partial charge in [-0.25, -0.2) is 4.79 Å². The molecule has 0 saturated heterocycles. The minimum absolute atomic E-state index is 0.0823. The van der Waals surface area contributed by atoms with Crippen molar-refractivity contribution in [3.05, 3.63) is 35.9 Å². The summed E-state index contributed by atoms with van der Waals surface area (Å²) in [6, 6.07) is 12.7. The molecule has 0 unspecified atom stereocenters. The highest BCUT2D eigenvalue weighted by Gasteiger charge is 2.45. The fourth-order valence-corrected chi connectivity index (χ4v) is 2.68. The fraction of sp³-hybridized carbons (Fsp3) is 0.500. The molecule has 112 valence electrons. The zero-order valence-electron chi connectivity index (χ0n) is 12.6. The average Bonchev–Trinajstić information content (AvgIpc) is 2.46. The van der Waals surface area contributed by atoms with Gasteiger partial charge in [0.05, 0.1) is 11.5 Å². The zero-order chi connectivity index (χ0) is 15.3. The molecule has 2 rings (SSSR count). The smallest absolute Gasteiger partial charge is 0.316 e. The van der Waals surface area contributed by atoms with E-state index in [9.17, 15) is 10.1 Å². The highest BCUT2D eigenvalue weighted by molar-refractivity contribution is 5.73. The molecule has 1 aliphatic carbocycles. The highest BCUT2D eigenvalue weighted by Crippen LogP contribution is 2.43. The van der Waals surface area contributed by atoms with E-state index in [-0.39, 0.29) is 11.4 Å². The van der Waals surface area contributed by atoms with Crippen LogP contribution in [0.2, 0.25) is 0 Å². The summed E-state index contributed by atoms with van der Waals surface area (Å²) in [5, 5.41) is 15.7. The first-order valence-corrected chi connectivity index (χ1v) is 7.23. The lowest BCUT2D eigenvalue weighted by molar-refractivity contribution is 0.213. The van der Waals surface area contributed by atoms with Gasteiger partial charge in [0, 0.05) is 33.2 Å². The largest absolute Gasteiger partial charge is 0.337 e. The molecule has 1 fully saturated rings. The summed E-state index contributed by atoms with van der Waals surface area (Å²) in [7, 11) is 3.44. The number of rotatable bonds is 5. The molecule has 0 heterocycles. The fourth-order valence-electron chi connectivity index (χ4n) is 2.68. The number of hydrogen-bond donors (Lipinski definition) is 2. The Morgan fingerprint density at radius 2 is 2.00 bits per heavy atom. The van der Waals surface area contributed by atoms with E-state index >= 15 is 0 Å². The van der Waals surface area contributed by atoms with E-state index in [0.717, 1.165) is 24.9 Å². The molecule has 1 aliphatic rings. The first kappa shape index (κ1) is 15.3. The molecule has 1 saturated carbocycles. The molecule has 1 aromatic rings. The summed E-state index contributed by atoms with van der Waals surface area (Å²) in [6.45, 7) is 1.32. The third-order valence-electron chi connectivity index (χ3n) is 3.97. The summed E-state index contributed by atoms with van der Waals surface area (Å²) in [4.78, 5) is 12.9. The van der Waals surface area contributed by atoms with Crippen molar-refractivity contribution in [2.24, 2.45) is 0 Å². The van der Waals surface area contributed by atoms with Gasteiger partial charge in [-0.15, -0.1) is 0 Å². The van der Waals surface area contributed by atoms with E-state index in [2.05, 4.69) is 16.7 Å². The van der Waals surface area contributed by atoms with Gasteiger partial charge in [0.15, 0.2) is 0 Å². The van der Waals surface area contributed by atoms with Crippen LogP contribution in [0.15, 0.2) is 30.3 Å². The number of nitrogens with one attached hydrogen (secondary N) is 2. The van der Waals surface area contributed by atoms with Crippen LogP contribution in [0.1, 0.15) is 18.4 Å². The lowest BCUT2D eigenvalue weighted by atomic mass is 9.62. The number of carbonyl (C=O) groups excluding carboxylic acids is 1. The molecule has 2 N–H and O–H groups in total. The first-order valence-electron chi connectivity index (χ1n) is 7.23. The number of amides is 2. The van der Waals surface area contributed by atoms with Crippen molar-refractivity contribution in [3.63, 3.8) is 0 Å². The maximum atomic E-state index is 11.3. The molecule has 0 aliphatic heterocycles. The number of nitrogens with zero attached hydrogens (tertiary/aromatic N) is 2. The highest BCUT2D eigenvalue weighted by atomic mass is 16.2. The maximum absolute atomic E-state index is 11.3. The van der Waals surface area contributed by atoms with Crippen molar-refractivity contribution in [1.82, 2.24) is 15.5 Å². The Hall–Kier alpha value is -2.06. The van der Waals surface area contributed by atoms with Crippen LogP contribution in [0.25, 0.3) is 0 Å². The predicted molar refractivity (Wildman–Crippen MR) is 81.8 cm³/mol. The van der Waals surface area contributed by atoms with Gasteiger partial charge in [-0.3, -0.25) is 0 Å². The van der Waals surface area contributed by atoms with Gasteiger partial charge in [-0.1, -0.05) is 30.3 Å². The second-order valence-corrected chi connectivity index (χ2v) is 5.75. The predicted octanol–water partition coefficient (Wildman–Crippen LogP) is 1.47. The monoisotopic (exact) mass is 286 g/mol. The molecule has 5 nitrogen and oxygen atoms in total. The summed E-state index contributed by atoms with van der Waals surface area (Å²) < 4.78 is 0. The third-order valence-corrected chi connectivity index (χ3v) is 3.97. The van der Waals surface area contributed by atoms with Crippen LogP contribution in [0.4, 0.5) is 4.79 Å². The van der Waals surface area contributed by atoms with Gasteiger partial charge in [-0.2, -0.15) is 5.26 Å². The van der Waals surface area contributed by atoms with E-state index in [0.29, 0.717) is 12.6 Å². The second kappa shape index (κ2) is 6.59. The molecule has 0 spiro atoms. The number of nitriles is 1. The zero-order valence-corrected chi connectivity index (χ0v) is 12.6. The quantitative estimate of drug-likeness (QED) is 0.805.